The predicted molar refractivity (Wildman–Crippen MR) is 100 cm³/mol. The number of ether oxygens (including phenoxy) is 4. The number of oxime groups is 1. The average molecular weight is 409 g/mol. The van der Waals surface area contributed by atoms with Crippen LogP contribution < -0.4 is 14.2 Å². The Morgan fingerprint density at radius 1 is 1.29 bits per heavy atom. The van der Waals surface area contributed by atoms with E-state index in [4.69, 9.17) is 35.4 Å². The molecule has 0 spiro atoms. The fourth-order valence-electron chi connectivity index (χ4n) is 2.71. The summed E-state index contributed by atoms with van der Waals surface area (Å²) in [6.07, 6.45) is 1.45. The Labute approximate surface area is 165 Å². The van der Waals surface area contributed by atoms with Crippen molar-refractivity contribution in [1.29, 1.82) is 0 Å². The van der Waals surface area contributed by atoms with E-state index in [-0.39, 0.29) is 25.7 Å². The van der Waals surface area contributed by atoms with Crippen molar-refractivity contribution in [3.63, 3.8) is 0 Å². The van der Waals surface area contributed by atoms with Gasteiger partial charge in [0.1, 0.15) is 12.4 Å². The van der Waals surface area contributed by atoms with Crippen molar-refractivity contribution in [3.05, 3.63) is 56.1 Å². The van der Waals surface area contributed by atoms with Crippen molar-refractivity contribution >= 4 is 23.5 Å². The number of fused-ring (bicyclic) bond motifs is 1. The zero-order valence-electron chi connectivity index (χ0n) is 15.1. The van der Waals surface area contributed by atoms with Gasteiger partial charge >= 0.3 is 0 Å². The molecule has 1 aliphatic heterocycles. The summed E-state index contributed by atoms with van der Waals surface area (Å²) in [4.78, 5) is 15.9. The second kappa shape index (κ2) is 8.77. The maximum absolute atomic E-state index is 11.1. The van der Waals surface area contributed by atoms with Crippen LogP contribution in [0.3, 0.4) is 0 Å². The summed E-state index contributed by atoms with van der Waals surface area (Å²) in [6, 6.07) is 6.15. The van der Waals surface area contributed by atoms with E-state index in [9.17, 15) is 10.1 Å². The molecular formula is C18H17ClN2O7. The van der Waals surface area contributed by atoms with Crippen molar-refractivity contribution in [2.45, 2.75) is 13.2 Å². The topological polar surface area (TPSA) is 102 Å². The maximum Gasteiger partial charge on any atom is 0.270 e. The van der Waals surface area contributed by atoms with Crippen LogP contribution in [0.2, 0.25) is 5.02 Å². The van der Waals surface area contributed by atoms with Crippen LogP contribution in [-0.4, -0.2) is 32.2 Å². The molecule has 0 aliphatic carbocycles. The lowest BCUT2D eigenvalue weighted by molar-refractivity contribution is -0.385. The van der Waals surface area contributed by atoms with Gasteiger partial charge < -0.3 is 23.8 Å². The molecule has 2 aromatic rings. The molecule has 0 radical (unpaired) electrons. The van der Waals surface area contributed by atoms with Crippen molar-refractivity contribution in [3.8, 4) is 17.2 Å². The number of nitrogens with zero attached hydrogens (tertiary/aromatic N) is 2. The second-order valence-corrected chi connectivity index (χ2v) is 6.11. The number of benzene rings is 2. The summed E-state index contributed by atoms with van der Waals surface area (Å²) in [6.45, 7) is 0.296. The molecule has 0 saturated carbocycles. The van der Waals surface area contributed by atoms with Crippen molar-refractivity contribution in [2.75, 3.05) is 21.0 Å². The average Bonchev–Trinajstić information content (AvgIpc) is 2.70. The number of non-ortho nitro benzene ring substituents is 1. The van der Waals surface area contributed by atoms with Gasteiger partial charge in [0.05, 0.1) is 37.0 Å². The predicted octanol–water partition coefficient (Wildman–Crippen LogP) is 3.68. The van der Waals surface area contributed by atoms with Crippen LogP contribution in [0.4, 0.5) is 5.69 Å². The van der Waals surface area contributed by atoms with Crippen molar-refractivity contribution in [1.82, 2.24) is 0 Å². The SMILES string of the molecule is COc1cc(/C=N\OCc2cc([N+](=O)[O-])cc3c2OCOC3)cc(Cl)c1OC. The Morgan fingerprint density at radius 3 is 2.82 bits per heavy atom. The lowest BCUT2D eigenvalue weighted by Crippen LogP contribution is -2.14. The van der Waals surface area contributed by atoms with Gasteiger partial charge in [0, 0.05) is 28.8 Å². The molecule has 0 aromatic heterocycles. The number of nitro groups is 1. The minimum Gasteiger partial charge on any atom is -0.493 e. The molecule has 0 N–H and O–H groups in total. The summed E-state index contributed by atoms with van der Waals surface area (Å²) in [7, 11) is 2.99. The molecule has 9 nitrogen and oxygen atoms in total. The van der Waals surface area contributed by atoms with Crippen molar-refractivity contribution < 1.29 is 28.7 Å². The monoisotopic (exact) mass is 408 g/mol. The highest BCUT2D eigenvalue weighted by molar-refractivity contribution is 6.32. The first kappa shape index (κ1) is 19.7. The highest BCUT2D eigenvalue weighted by atomic mass is 35.5. The van der Waals surface area contributed by atoms with E-state index in [1.165, 1.54) is 32.6 Å². The minimum absolute atomic E-state index is 0.0124. The lowest BCUT2D eigenvalue weighted by atomic mass is 10.1. The maximum atomic E-state index is 11.1. The first-order valence-corrected chi connectivity index (χ1v) is 8.49. The summed E-state index contributed by atoms with van der Waals surface area (Å²) < 4.78 is 21.0. The van der Waals surface area contributed by atoms with Gasteiger partial charge in [-0.15, -0.1) is 0 Å². The molecule has 0 atom stereocenters. The molecule has 0 amide bonds. The highest BCUT2D eigenvalue weighted by Gasteiger charge is 2.21. The molecule has 1 heterocycles. The van der Waals surface area contributed by atoms with Crippen LogP contribution in [0.5, 0.6) is 17.2 Å². The fourth-order valence-corrected chi connectivity index (χ4v) is 3.01. The third kappa shape index (κ3) is 4.26. The Balaban J connectivity index is 1.75. The molecule has 0 bridgehead atoms. The number of halogens is 1. The van der Waals surface area contributed by atoms with E-state index < -0.39 is 4.92 Å². The van der Waals surface area contributed by atoms with Gasteiger partial charge in [0.15, 0.2) is 18.3 Å². The number of methoxy groups -OCH3 is 2. The van der Waals surface area contributed by atoms with E-state index in [1.54, 1.807) is 12.1 Å². The Morgan fingerprint density at radius 2 is 2.11 bits per heavy atom. The van der Waals surface area contributed by atoms with Gasteiger partial charge in [-0.2, -0.15) is 0 Å². The fraction of sp³-hybridized carbons (Fsp3) is 0.278. The number of hydrogen-bond donors (Lipinski definition) is 0. The van der Waals surface area contributed by atoms with Crippen LogP contribution >= 0.6 is 11.6 Å². The summed E-state index contributed by atoms with van der Waals surface area (Å²) >= 11 is 6.15. The smallest absolute Gasteiger partial charge is 0.270 e. The second-order valence-electron chi connectivity index (χ2n) is 5.71. The van der Waals surface area contributed by atoms with Gasteiger partial charge in [-0.25, -0.2) is 0 Å². The van der Waals surface area contributed by atoms with E-state index in [1.807, 2.05) is 0 Å². The van der Waals surface area contributed by atoms with Crippen LogP contribution in [0.15, 0.2) is 29.4 Å². The van der Waals surface area contributed by atoms with E-state index in [2.05, 4.69) is 5.16 Å². The zero-order chi connectivity index (χ0) is 20.1. The molecule has 0 unspecified atom stereocenters. The van der Waals surface area contributed by atoms with E-state index in [0.29, 0.717) is 39.0 Å². The standard InChI is InChI=1S/C18H17ClN2O7/c1-24-16-4-11(3-15(19)18(16)25-2)7-20-28-9-13-6-14(21(22)23)5-12-8-26-10-27-17(12)13/h3-7H,8-10H2,1-2H3/b20-7-. The van der Waals surface area contributed by atoms with E-state index >= 15 is 0 Å². The molecular weight excluding hydrogens is 392 g/mol. The quantitative estimate of drug-likeness (QED) is 0.391. The van der Waals surface area contributed by atoms with Crippen LogP contribution in [-0.2, 0) is 22.8 Å². The summed E-state index contributed by atoms with van der Waals surface area (Å²) in [5.74, 6) is 1.39. The molecule has 148 valence electrons. The van der Waals surface area contributed by atoms with Crippen LogP contribution in [0.1, 0.15) is 16.7 Å². The molecule has 0 fully saturated rings. The summed E-state index contributed by atoms with van der Waals surface area (Å²) in [5, 5.41) is 15.4. The normalized spacial score (nSPS) is 13.0. The molecule has 0 saturated heterocycles. The van der Waals surface area contributed by atoms with E-state index in [0.717, 1.165) is 0 Å². The van der Waals surface area contributed by atoms with Crippen LogP contribution in [0, 0.1) is 10.1 Å². The molecule has 10 heteroatoms. The molecule has 2 aromatic carbocycles. The van der Waals surface area contributed by atoms with Crippen molar-refractivity contribution in [2.24, 2.45) is 5.16 Å². The third-order valence-corrected chi connectivity index (χ3v) is 4.22. The largest absolute Gasteiger partial charge is 0.493 e. The third-order valence-electron chi connectivity index (χ3n) is 3.93. The number of nitro benzene ring substituents is 1. The first-order chi connectivity index (χ1) is 13.5. The minimum atomic E-state index is -0.479. The Bertz CT molecular complexity index is 917. The summed E-state index contributed by atoms with van der Waals surface area (Å²) in [5.41, 5.74) is 1.67. The van der Waals surface area contributed by atoms with Gasteiger partial charge in [-0.05, 0) is 12.1 Å². The highest BCUT2D eigenvalue weighted by Crippen LogP contribution is 2.36. The Kier molecular flexibility index (Phi) is 6.17. The molecule has 28 heavy (non-hydrogen) atoms. The first-order valence-electron chi connectivity index (χ1n) is 8.11. The lowest BCUT2D eigenvalue weighted by Gasteiger charge is -2.20. The van der Waals surface area contributed by atoms with Gasteiger partial charge in [-0.1, -0.05) is 16.8 Å². The van der Waals surface area contributed by atoms with Crippen LogP contribution in [0.25, 0.3) is 0 Å². The van der Waals surface area contributed by atoms with Gasteiger partial charge in [-0.3, -0.25) is 10.1 Å². The Hall–Kier alpha value is -3.04. The zero-order valence-corrected chi connectivity index (χ0v) is 15.9. The molecule has 3 rings (SSSR count). The number of hydrogen-bond acceptors (Lipinski definition) is 8. The number of rotatable bonds is 7. The van der Waals surface area contributed by atoms with Gasteiger partial charge in [0.2, 0.25) is 0 Å². The molecule has 1 aliphatic rings. The van der Waals surface area contributed by atoms with Gasteiger partial charge in [0.25, 0.3) is 5.69 Å².